The molecule has 2 amide bonds. The topological polar surface area (TPSA) is 78.9 Å². The van der Waals surface area contributed by atoms with Crippen LogP contribution in [-0.2, 0) is 9.53 Å². The van der Waals surface area contributed by atoms with Crippen molar-refractivity contribution in [1.29, 1.82) is 0 Å². The van der Waals surface area contributed by atoms with E-state index in [1.54, 1.807) is 31.4 Å². The Balaban J connectivity index is 2.75. The number of nitrogens with one attached hydrogen (secondary N) is 1. The van der Waals surface area contributed by atoms with Gasteiger partial charge in [-0.05, 0) is 30.2 Å². The van der Waals surface area contributed by atoms with Crippen LogP contribution >= 0.6 is 11.6 Å². The Labute approximate surface area is 128 Å². The molecular weight excluding hydrogens is 296 g/mol. The average Bonchev–Trinajstić information content (AvgIpc) is 2.43. The highest BCUT2D eigenvalue weighted by atomic mass is 35.5. The third kappa shape index (κ3) is 6.01. The number of carbonyl (C=O) groups is 2. The van der Waals surface area contributed by atoms with E-state index >= 15 is 0 Å². The standard InChI is InChI=1S/C14H19ClN2O4/c1-10(9-21-2)7-16-14(20)17(8-13(18)19)12-5-3-11(15)4-6-12/h3-6,10H,7-9H2,1-2H3,(H,16,20)(H,18,19). The Hall–Kier alpha value is -1.79. The van der Waals surface area contributed by atoms with Crippen molar-refractivity contribution < 1.29 is 19.4 Å². The molecule has 6 nitrogen and oxygen atoms in total. The second-order valence-corrected chi connectivity index (χ2v) is 5.14. The lowest BCUT2D eigenvalue weighted by molar-refractivity contribution is -0.135. The summed E-state index contributed by atoms with van der Waals surface area (Å²) in [5.41, 5.74) is 0.471. The number of benzene rings is 1. The number of hydrogen-bond acceptors (Lipinski definition) is 3. The predicted octanol–water partition coefficient (Wildman–Crippen LogP) is 2.22. The molecule has 0 aromatic heterocycles. The number of anilines is 1. The molecule has 0 spiro atoms. The Kier molecular flexibility index (Phi) is 6.98. The molecule has 7 heteroatoms. The SMILES string of the molecule is COCC(C)CNC(=O)N(CC(=O)O)c1ccc(Cl)cc1. The highest BCUT2D eigenvalue weighted by Crippen LogP contribution is 2.18. The van der Waals surface area contributed by atoms with Crippen LogP contribution in [0.4, 0.5) is 10.5 Å². The molecule has 1 atom stereocenters. The maximum absolute atomic E-state index is 12.2. The molecule has 0 saturated heterocycles. The van der Waals surface area contributed by atoms with E-state index < -0.39 is 18.5 Å². The minimum absolute atomic E-state index is 0.135. The summed E-state index contributed by atoms with van der Waals surface area (Å²) >= 11 is 5.79. The average molecular weight is 315 g/mol. The lowest BCUT2D eigenvalue weighted by Gasteiger charge is -2.22. The zero-order chi connectivity index (χ0) is 15.8. The van der Waals surface area contributed by atoms with Gasteiger partial charge in [-0.1, -0.05) is 18.5 Å². The number of aliphatic carboxylic acids is 1. The quantitative estimate of drug-likeness (QED) is 0.809. The molecule has 0 aliphatic rings. The number of nitrogens with zero attached hydrogens (tertiary/aromatic N) is 1. The molecule has 116 valence electrons. The molecule has 0 radical (unpaired) electrons. The van der Waals surface area contributed by atoms with E-state index in [4.69, 9.17) is 21.4 Å². The molecule has 1 unspecified atom stereocenters. The molecule has 0 aliphatic heterocycles. The molecule has 1 aromatic carbocycles. The summed E-state index contributed by atoms with van der Waals surface area (Å²) in [6.45, 7) is 2.41. The first kappa shape index (κ1) is 17.3. The monoisotopic (exact) mass is 314 g/mol. The zero-order valence-corrected chi connectivity index (χ0v) is 12.8. The largest absolute Gasteiger partial charge is 0.480 e. The molecule has 0 fully saturated rings. The highest BCUT2D eigenvalue weighted by Gasteiger charge is 2.19. The van der Waals surface area contributed by atoms with Crippen molar-refractivity contribution >= 4 is 29.3 Å². The summed E-state index contributed by atoms with van der Waals surface area (Å²) in [4.78, 5) is 24.2. The van der Waals surface area contributed by atoms with Gasteiger partial charge in [0.1, 0.15) is 6.54 Å². The fourth-order valence-electron chi connectivity index (χ4n) is 1.74. The van der Waals surface area contributed by atoms with Gasteiger partial charge in [-0.2, -0.15) is 0 Å². The van der Waals surface area contributed by atoms with E-state index in [1.165, 1.54) is 0 Å². The van der Waals surface area contributed by atoms with Crippen molar-refractivity contribution in [3.63, 3.8) is 0 Å². The Morgan fingerprint density at radius 1 is 1.38 bits per heavy atom. The fraction of sp³-hybridized carbons (Fsp3) is 0.429. The minimum atomic E-state index is -1.09. The van der Waals surface area contributed by atoms with Gasteiger partial charge in [0, 0.05) is 24.4 Å². The summed E-state index contributed by atoms with van der Waals surface area (Å²) in [5, 5.41) is 12.2. The van der Waals surface area contributed by atoms with Crippen LogP contribution in [0.5, 0.6) is 0 Å². The molecule has 0 heterocycles. The van der Waals surface area contributed by atoms with Crippen LogP contribution in [0.2, 0.25) is 5.02 Å². The summed E-state index contributed by atoms with van der Waals surface area (Å²) in [5.74, 6) is -0.958. The van der Waals surface area contributed by atoms with Gasteiger partial charge in [0.15, 0.2) is 0 Å². The number of rotatable bonds is 7. The van der Waals surface area contributed by atoms with Gasteiger partial charge in [0.25, 0.3) is 0 Å². The van der Waals surface area contributed by atoms with E-state index in [-0.39, 0.29) is 5.92 Å². The first-order valence-electron chi connectivity index (χ1n) is 6.45. The Morgan fingerprint density at radius 3 is 2.52 bits per heavy atom. The number of amides is 2. The maximum Gasteiger partial charge on any atom is 0.323 e. The van der Waals surface area contributed by atoms with Crippen molar-refractivity contribution in [2.75, 3.05) is 31.7 Å². The first-order valence-corrected chi connectivity index (χ1v) is 6.83. The number of methoxy groups -OCH3 is 1. The van der Waals surface area contributed by atoms with Gasteiger partial charge in [-0.15, -0.1) is 0 Å². The molecule has 21 heavy (non-hydrogen) atoms. The van der Waals surface area contributed by atoms with Crippen LogP contribution in [0.3, 0.4) is 0 Å². The minimum Gasteiger partial charge on any atom is -0.480 e. The normalized spacial score (nSPS) is 11.8. The molecule has 1 rings (SSSR count). The number of carbonyl (C=O) groups excluding carboxylic acids is 1. The Bertz CT molecular complexity index is 478. The van der Waals surface area contributed by atoms with Crippen LogP contribution in [0.15, 0.2) is 24.3 Å². The third-order valence-corrected chi connectivity index (χ3v) is 2.98. The smallest absolute Gasteiger partial charge is 0.323 e. The van der Waals surface area contributed by atoms with Gasteiger partial charge < -0.3 is 15.2 Å². The van der Waals surface area contributed by atoms with Crippen LogP contribution in [0.1, 0.15) is 6.92 Å². The van der Waals surface area contributed by atoms with Gasteiger partial charge in [-0.25, -0.2) is 4.79 Å². The Morgan fingerprint density at radius 2 is 2.00 bits per heavy atom. The summed E-state index contributed by atoms with van der Waals surface area (Å²) in [6.07, 6.45) is 0. The van der Waals surface area contributed by atoms with Crippen molar-refractivity contribution in [2.24, 2.45) is 5.92 Å². The van der Waals surface area contributed by atoms with Crippen molar-refractivity contribution in [2.45, 2.75) is 6.92 Å². The fourth-order valence-corrected chi connectivity index (χ4v) is 1.86. The lowest BCUT2D eigenvalue weighted by Crippen LogP contribution is -2.44. The number of ether oxygens (including phenoxy) is 1. The molecule has 0 aliphatic carbocycles. The second-order valence-electron chi connectivity index (χ2n) is 4.70. The maximum atomic E-state index is 12.2. The lowest BCUT2D eigenvalue weighted by atomic mass is 10.2. The first-order chi connectivity index (χ1) is 9.93. The number of halogens is 1. The van der Waals surface area contributed by atoms with Crippen LogP contribution in [0.25, 0.3) is 0 Å². The van der Waals surface area contributed by atoms with Gasteiger partial charge >= 0.3 is 12.0 Å². The second kappa shape index (κ2) is 8.49. The number of carboxylic acids is 1. The van der Waals surface area contributed by atoms with Gasteiger partial charge in [0.2, 0.25) is 0 Å². The van der Waals surface area contributed by atoms with E-state index in [0.29, 0.717) is 23.9 Å². The zero-order valence-electron chi connectivity index (χ0n) is 12.0. The third-order valence-electron chi connectivity index (χ3n) is 2.73. The van der Waals surface area contributed by atoms with Crippen molar-refractivity contribution in [1.82, 2.24) is 5.32 Å². The number of carboxylic acid groups (broad SMARTS) is 1. The van der Waals surface area contributed by atoms with Gasteiger partial charge in [0.05, 0.1) is 6.61 Å². The molecule has 0 bridgehead atoms. The van der Waals surface area contributed by atoms with Gasteiger partial charge in [-0.3, -0.25) is 9.69 Å². The van der Waals surface area contributed by atoms with Crippen LogP contribution < -0.4 is 10.2 Å². The number of hydrogen-bond donors (Lipinski definition) is 2. The van der Waals surface area contributed by atoms with Crippen molar-refractivity contribution in [3.8, 4) is 0 Å². The van der Waals surface area contributed by atoms with E-state index in [9.17, 15) is 9.59 Å². The molecule has 0 saturated carbocycles. The van der Waals surface area contributed by atoms with Crippen LogP contribution in [-0.4, -0.2) is 43.9 Å². The predicted molar refractivity (Wildman–Crippen MR) is 80.9 cm³/mol. The highest BCUT2D eigenvalue weighted by molar-refractivity contribution is 6.30. The van der Waals surface area contributed by atoms with E-state index in [1.807, 2.05) is 6.92 Å². The molecular formula is C14H19ClN2O4. The summed E-state index contributed by atoms with van der Waals surface area (Å²) in [7, 11) is 1.59. The van der Waals surface area contributed by atoms with E-state index in [0.717, 1.165) is 4.90 Å². The van der Waals surface area contributed by atoms with Crippen LogP contribution in [0, 0.1) is 5.92 Å². The summed E-state index contributed by atoms with van der Waals surface area (Å²) in [6, 6.07) is 5.94. The molecule has 1 aromatic rings. The number of urea groups is 1. The van der Waals surface area contributed by atoms with E-state index in [2.05, 4.69) is 5.32 Å². The summed E-state index contributed by atoms with van der Waals surface area (Å²) < 4.78 is 4.99. The molecule has 2 N–H and O–H groups in total. The van der Waals surface area contributed by atoms with Crippen molar-refractivity contribution in [3.05, 3.63) is 29.3 Å².